The summed E-state index contributed by atoms with van der Waals surface area (Å²) in [5.74, 6) is -0.690. The van der Waals surface area contributed by atoms with Crippen LogP contribution in [0.2, 0.25) is 0 Å². The van der Waals surface area contributed by atoms with E-state index >= 15 is 0 Å². The maximum atomic E-state index is 12.5. The fraction of sp³-hybridized carbons (Fsp3) is 0.0476. The predicted octanol–water partition coefficient (Wildman–Crippen LogP) is 3.14. The van der Waals surface area contributed by atoms with Gasteiger partial charge in [-0.05, 0) is 42.5 Å². The van der Waals surface area contributed by atoms with Crippen molar-refractivity contribution in [2.45, 2.75) is 6.54 Å². The van der Waals surface area contributed by atoms with E-state index in [1.165, 1.54) is 6.07 Å². The lowest BCUT2D eigenvalue weighted by atomic mass is 10.1. The van der Waals surface area contributed by atoms with E-state index in [9.17, 15) is 9.59 Å². The Kier molecular flexibility index (Phi) is 5.55. The predicted molar refractivity (Wildman–Crippen MR) is 101 cm³/mol. The lowest BCUT2D eigenvalue weighted by Gasteiger charge is -2.09. The van der Waals surface area contributed by atoms with Gasteiger partial charge in [0.05, 0.1) is 23.5 Å². The van der Waals surface area contributed by atoms with E-state index < -0.39 is 5.91 Å². The lowest BCUT2D eigenvalue weighted by molar-refractivity contribution is 0.0950. The number of nitriles is 1. The molecule has 0 saturated heterocycles. The van der Waals surface area contributed by atoms with Crippen LogP contribution in [0.15, 0.2) is 72.9 Å². The van der Waals surface area contributed by atoms with E-state index in [2.05, 4.69) is 15.6 Å². The molecule has 0 saturated carbocycles. The lowest BCUT2D eigenvalue weighted by Crippen LogP contribution is -2.23. The van der Waals surface area contributed by atoms with Gasteiger partial charge in [-0.15, -0.1) is 0 Å². The van der Waals surface area contributed by atoms with Crippen molar-refractivity contribution in [1.29, 1.82) is 5.26 Å². The molecule has 1 heterocycles. The summed E-state index contributed by atoms with van der Waals surface area (Å²) in [4.78, 5) is 29.0. The van der Waals surface area contributed by atoms with Crippen molar-refractivity contribution in [2.75, 3.05) is 5.32 Å². The fourth-order valence-corrected chi connectivity index (χ4v) is 2.46. The van der Waals surface area contributed by atoms with E-state index in [0.717, 1.165) is 5.69 Å². The molecule has 132 valence electrons. The summed E-state index contributed by atoms with van der Waals surface area (Å²) in [5.41, 5.74) is 2.23. The topological polar surface area (TPSA) is 94.9 Å². The van der Waals surface area contributed by atoms with Crippen LogP contribution >= 0.6 is 0 Å². The summed E-state index contributed by atoms with van der Waals surface area (Å²) in [5, 5.41) is 14.6. The number of nitrogens with one attached hydrogen (secondary N) is 2. The number of carbonyl (C=O) groups excluding carboxylic acids is 2. The van der Waals surface area contributed by atoms with E-state index in [-0.39, 0.29) is 5.91 Å². The van der Waals surface area contributed by atoms with Crippen LogP contribution in [-0.4, -0.2) is 16.8 Å². The fourth-order valence-electron chi connectivity index (χ4n) is 2.46. The van der Waals surface area contributed by atoms with Gasteiger partial charge in [-0.1, -0.05) is 24.3 Å². The van der Waals surface area contributed by atoms with Crippen molar-refractivity contribution in [3.8, 4) is 6.07 Å². The molecular formula is C21H16N4O2. The zero-order chi connectivity index (χ0) is 19.1. The second kappa shape index (κ2) is 8.41. The Balaban J connectivity index is 1.70. The average molecular weight is 356 g/mol. The van der Waals surface area contributed by atoms with Gasteiger partial charge in [-0.25, -0.2) is 0 Å². The quantitative estimate of drug-likeness (QED) is 0.734. The Bertz CT molecular complexity index is 1010. The minimum atomic E-state index is -0.392. The summed E-state index contributed by atoms with van der Waals surface area (Å²) in [6.45, 7) is 0.297. The average Bonchev–Trinajstić information content (AvgIpc) is 2.73. The van der Waals surface area contributed by atoms with Crippen molar-refractivity contribution in [3.05, 3.63) is 95.3 Å². The summed E-state index contributed by atoms with van der Waals surface area (Å²) in [6.07, 6.45) is 1.66. The van der Waals surface area contributed by atoms with Crippen LogP contribution in [0.1, 0.15) is 32.0 Å². The minimum Gasteiger partial charge on any atom is -0.346 e. The SMILES string of the molecule is N#Cc1ccccc1NC(=O)c1cccc(C(=O)NCc2ccccn2)c1. The molecule has 1 aromatic heterocycles. The highest BCUT2D eigenvalue weighted by atomic mass is 16.2. The maximum absolute atomic E-state index is 12.5. The van der Waals surface area contributed by atoms with Gasteiger partial charge < -0.3 is 10.6 Å². The number of anilines is 1. The first-order chi connectivity index (χ1) is 13.2. The first kappa shape index (κ1) is 17.8. The molecule has 6 heteroatoms. The van der Waals surface area contributed by atoms with Gasteiger partial charge in [0, 0.05) is 17.3 Å². The summed E-state index contributed by atoms with van der Waals surface area (Å²) in [6, 6.07) is 20.6. The molecule has 0 bridgehead atoms. The van der Waals surface area contributed by atoms with Crippen LogP contribution in [0.4, 0.5) is 5.69 Å². The van der Waals surface area contributed by atoms with Gasteiger partial charge in [0.15, 0.2) is 0 Å². The van der Waals surface area contributed by atoms with Crippen molar-refractivity contribution >= 4 is 17.5 Å². The van der Waals surface area contributed by atoms with Crippen molar-refractivity contribution in [2.24, 2.45) is 0 Å². The third kappa shape index (κ3) is 4.55. The molecule has 3 aromatic rings. The molecule has 2 aromatic carbocycles. The summed E-state index contributed by atoms with van der Waals surface area (Å²) >= 11 is 0. The third-order valence-corrected chi connectivity index (χ3v) is 3.84. The maximum Gasteiger partial charge on any atom is 0.255 e. The van der Waals surface area contributed by atoms with Gasteiger partial charge in [-0.2, -0.15) is 5.26 Å². The number of hydrogen-bond acceptors (Lipinski definition) is 4. The van der Waals surface area contributed by atoms with Crippen LogP contribution in [0.3, 0.4) is 0 Å². The monoisotopic (exact) mass is 356 g/mol. The second-order valence-corrected chi connectivity index (χ2v) is 5.70. The smallest absolute Gasteiger partial charge is 0.255 e. The Hall–Kier alpha value is -3.98. The van der Waals surface area contributed by atoms with Gasteiger partial charge in [0.1, 0.15) is 6.07 Å². The molecular weight excluding hydrogens is 340 g/mol. The molecule has 0 radical (unpaired) electrons. The molecule has 0 unspecified atom stereocenters. The normalized spacial score (nSPS) is 9.89. The standard InChI is InChI=1S/C21H16N4O2/c22-13-17-6-1-2-10-19(17)25-21(27)16-8-5-7-15(12-16)20(26)24-14-18-9-3-4-11-23-18/h1-12H,14H2,(H,24,26)(H,25,27). The highest BCUT2D eigenvalue weighted by molar-refractivity contribution is 6.06. The Labute approximate surface area is 156 Å². The first-order valence-corrected chi connectivity index (χ1v) is 8.26. The highest BCUT2D eigenvalue weighted by Crippen LogP contribution is 2.15. The summed E-state index contributed by atoms with van der Waals surface area (Å²) < 4.78 is 0. The molecule has 3 rings (SSSR count). The number of benzene rings is 2. The second-order valence-electron chi connectivity index (χ2n) is 5.70. The van der Waals surface area contributed by atoms with Gasteiger partial charge in [-0.3, -0.25) is 14.6 Å². The van der Waals surface area contributed by atoms with Crippen molar-refractivity contribution in [3.63, 3.8) is 0 Å². The van der Waals surface area contributed by atoms with Crippen molar-refractivity contribution < 1.29 is 9.59 Å². The van der Waals surface area contributed by atoms with E-state index in [4.69, 9.17) is 5.26 Å². The third-order valence-electron chi connectivity index (χ3n) is 3.84. The molecule has 2 N–H and O–H groups in total. The Morgan fingerprint density at radius 2 is 1.67 bits per heavy atom. The van der Waals surface area contributed by atoms with Crippen LogP contribution < -0.4 is 10.6 Å². The number of hydrogen-bond donors (Lipinski definition) is 2. The largest absolute Gasteiger partial charge is 0.346 e. The Morgan fingerprint density at radius 3 is 2.41 bits per heavy atom. The van der Waals surface area contributed by atoms with E-state index in [1.807, 2.05) is 18.2 Å². The van der Waals surface area contributed by atoms with Crippen LogP contribution in [0.5, 0.6) is 0 Å². The number of para-hydroxylation sites is 1. The van der Waals surface area contributed by atoms with Crippen LogP contribution in [-0.2, 0) is 6.54 Å². The number of rotatable bonds is 5. The highest BCUT2D eigenvalue weighted by Gasteiger charge is 2.12. The molecule has 0 aliphatic carbocycles. The number of nitrogens with zero attached hydrogens (tertiary/aromatic N) is 2. The number of pyridine rings is 1. The van der Waals surface area contributed by atoms with Gasteiger partial charge in [0.2, 0.25) is 0 Å². The van der Waals surface area contributed by atoms with Crippen molar-refractivity contribution in [1.82, 2.24) is 10.3 Å². The number of carbonyl (C=O) groups is 2. The number of amides is 2. The zero-order valence-corrected chi connectivity index (χ0v) is 14.3. The molecule has 0 aliphatic heterocycles. The van der Waals surface area contributed by atoms with Gasteiger partial charge in [0.25, 0.3) is 11.8 Å². The Morgan fingerprint density at radius 1 is 0.926 bits per heavy atom. The molecule has 0 spiro atoms. The minimum absolute atomic E-state index is 0.297. The summed E-state index contributed by atoms with van der Waals surface area (Å²) in [7, 11) is 0. The molecule has 0 aliphatic rings. The zero-order valence-electron chi connectivity index (χ0n) is 14.3. The molecule has 2 amide bonds. The molecule has 0 atom stereocenters. The first-order valence-electron chi connectivity index (χ1n) is 8.26. The molecule has 0 fully saturated rings. The number of aromatic nitrogens is 1. The van der Waals surface area contributed by atoms with Crippen LogP contribution in [0, 0.1) is 11.3 Å². The molecule has 27 heavy (non-hydrogen) atoms. The van der Waals surface area contributed by atoms with Gasteiger partial charge >= 0.3 is 0 Å². The van der Waals surface area contributed by atoms with Crippen LogP contribution in [0.25, 0.3) is 0 Å². The molecule has 6 nitrogen and oxygen atoms in total. The van der Waals surface area contributed by atoms with E-state index in [1.54, 1.807) is 54.7 Å². The van der Waals surface area contributed by atoms with E-state index in [0.29, 0.717) is 28.9 Å².